The summed E-state index contributed by atoms with van der Waals surface area (Å²) in [6, 6.07) is 11.8. The monoisotopic (exact) mass is 393 g/mol. The van der Waals surface area contributed by atoms with Crippen molar-refractivity contribution in [3.8, 4) is 5.75 Å². The number of likely N-dealkylation sites (tertiary alicyclic amines) is 1. The summed E-state index contributed by atoms with van der Waals surface area (Å²) in [6.45, 7) is 6.13. The van der Waals surface area contributed by atoms with E-state index in [4.69, 9.17) is 21.3 Å². The molecule has 1 aromatic carbocycles. The lowest BCUT2D eigenvalue weighted by Gasteiger charge is -2.36. The summed E-state index contributed by atoms with van der Waals surface area (Å²) in [4.78, 5) is 2.33. The molecule has 0 saturated carbocycles. The minimum Gasteiger partial charge on any atom is -0.484 e. The highest BCUT2D eigenvalue weighted by Gasteiger charge is 2.34. The van der Waals surface area contributed by atoms with Crippen LogP contribution >= 0.6 is 0 Å². The number of hydrogen-bond acceptors (Lipinski definition) is 5. The molecule has 4 rings (SSSR count). The highest BCUT2D eigenvalue weighted by Crippen LogP contribution is 2.37. The Kier molecular flexibility index (Phi) is 5.32. The van der Waals surface area contributed by atoms with Crippen molar-refractivity contribution in [2.75, 3.05) is 13.1 Å². The zero-order valence-corrected chi connectivity index (χ0v) is 17.3. The summed E-state index contributed by atoms with van der Waals surface area (Å²) in [6.07, 6.45) is 5.81. The maximum Gasteiger partial charge on any atom is 0.137 e. The Morgan fingerprint density at radius 2 is 1.76 bits per heavy atom. The van der Waals surface area contributed by atoms with Crippen molar-refractivity contribution >= 4 is 5.84 Å². The highest BCUT2D eigenvalue weighted by molar-refractivity contribution is 5.90. The number of nitrogens with one attached hydrogen (secondary N) is 2. The van der Waals surface area contributed by atoms with Crippen LogP contribution in [0.4, 0.5) is 0 Å². The number of aromatic nitrogens is 1. The van der Waals surface area contributed by atoms with Gasteiger partial charge >= 0.3 is 0 Å². The van der Waals surface area contributed by atoms with E-state index in [0.717, 1.165) is 37.1 Å². The van der Waals surface area contributed by atoms with E-state index in [-0.39, 0.29) is 12.1 Å². The first-order valence-corrected chi connectivity index (χ1v) is 10.5. The molecule has 1 fully saturated rings. The fourth-order valence-electron chi connectivity index (χ4n) is 4.53. The Hall–Kier alpha value is -2.44. The number of fused-ring (bicyclic) bond motifs is 1. The molecule has 0 bridgehead atoms. The van der Waals surface area contributed by atoms with Crippen molar-refractivity contribution in [2.45, 2.75) is 57.2 Å². The molecule has 0 spiro atoms. The van der Waals surface area contributed by atoms with E-state index in [9.17, 15) is 0 Å². The third-order valence-corrected chi connectivity index (χ3v) is 6.40. The van der Waals surface area contributed by atoms with E-state index >= 15 is 0 Å². The Bertz CT molecular complexity index is 958. The minimum atomic E-state index is -0.431. The predicted octanol–water partition coefficient (Wildman–Crippen LogP) is 3.58. The largest absolute Gasteiger partial charge is 0.484 e. The van der Waals surface area contributed by atoms with Gasteiger partial charge in [0.05, 0.1) is 11.7 Å². The zero-order valence-electron chi connectivity index (χ0n) is 17.3. The molecule has 1 aliphatic heterocycles. The fraction of sp³-hybridized carbons (Fsp3) is 0.478. The van der Waals surface area contributed by atoms with Crippen LogP contribution in [0.2, 0.25) is 0 Å². The van der Waals surface area contributed by atoms with Gasteiger partial charge in [0.15, 0.2) is 0 Å². The normalized spacial score (nSPS) is 22.3. The second-order valence-electron chi connectivity index (χ2n) is 8.64. The summed E-state index contributed by atoms with van der Waals surface area (Å²) >= 11 is 0. The third-order valence-electron chi connectivity index (χ3n) is 6.40. The number of pyridine rings is 1. The summed E-state index contributed by atoms with van der Waals surface area (Å²) in [7, 11) is 0. The van der Waals surface area contributed by atoms with Crippen molar-refractivity contribution in [2.24, 2.45) is 5.73 Å². The average molecular weight is 394 g/mol. The molecule has 2 aliphatic rings. The molecule has 0 unspecified atom stereocenters. The molecule has 6 heteroatoms. The first kappa shape index (κ1) is 19.9. The van der Waals surface area contributed by atoms with Crippen molar-refractivity contribution < 1.29 is 4.74 Å². The quantitative estimate of drug-likeness (QED) is 0.548. The van der Waals surface area contributed by atoms with Crippen molar-refractivity contribution in [3.05, 3.63) is 59.2 Å². The number of nitrogens with zero attached hydrogens (tertiary/aromatic N) is 2. The van der Waals surface area contributed by atoms with E-state index in [1.165, 1.54) is 12.8 Å². The minimum absolute atomic E-state index is 0.0565. The summed E-state index contributed by atoms with van der Waals surface area (Å²) in [5.74, 6) is 1.08. The Balaban J connectivity index is 1.60. The molecular weight excluding hydrogens is 362 g/mol. The van der Waals surface area contributed by atoms with E-state index in [0.29, 0.717) is 17.1 Å². The molecule has 0 radical (unpaired) electrons. The topological polar surface area (TPSA) is 91.1 Å². The Labute approximate surface area is 172 Å². The van der Waals surface area contributed by atoms with Gasteiger partial charge in [-0.1, -0.05) is 24.3 Å². The number of ether oxygens (including phenoxy) is 1. The van der Waals surface area contributed by atoms with Gasteiger partial charge in [-0.05, 0) is 75.9 Å². The van der Waals surface area contributed by atoms with Gasteiger partial charge in [-0.2, -0.15) is 0 Å². The van der Waals surface area contributed by atoms with E-state index in [2.05, 4.69) is 30.9 Å². The van der Waals surface area contributed by atoms with Crippen LogP contribution in [0.1, 0.15) is 62.8 Å². The van der Waals surface area contributed by atoms with Crippen molar-refractivity contribution in [1.82, 2.24) is 9.47 Å². The van der Waals surface area contributed by atoms with E-state index < -0.39 is 5.54 Å². The Morgan fingerprint density at radius 3 is 2.48 bits per heavy atom. The van der Waals surface area contributed by atoms with Crippen LogP contribution < -0.4 is 16.0 Å². The zero-order chi connectivity index (χ0) is 20.6. The molecule has 2 atom stereocenters. The Morgan fingerprint density at radius 1 is 1.07 bits per heavy atom. The lowest BCUT2D eigenvalue weighted by Crippen LogP contribution is -2.52. The summed E-state index contributed by atoms with van der Waals surface area (Å²) in [5.41, 5.74) is 8.43. The summed E-state index contributed by atoms with van der Waals surface area (Å²) < 4.78 is 7.99. The van der Waals surface area contributed by atoms with Crippen LogP contribution in [-0.4, -0.2) is 33.9 Å². The van der Waals surface area contributed by atoms with Gasteiger partial charge in [-0.15, -0.1) is 0 Å². The first-order valence-electron chi connectivity index (χ1n) is 10.5. The third kappa shape index (κ3) is 3.74. The van der Waals surface area contributed by atoms with Crippen LogP contribution in [0.3, 0.4) is 0 Å². The molecule has 29 heavy (non-hydrogen) atoms. The van der Waals surface area contributed by atoms with Crippen LogP contribution in [0.25, 0.3) is 0 Å². The van der Waals surface area contributed by atoms with Gasteiger partial charge in [0.1, 0.15) is 23.2 Å². The molecule has 6 nitrogen and oxygen atoms in total. The van der Waals surface area contributed by atoms with Crippen molar-refractivity contribution in [3.63, 3.8) is 0 Å². The average Bonchev–Trinajstić information content (AvgIpc) is 3.27. The fourth-order valence-corrected chi connectivity index (χ4v) is 4.53. The lowest BCUT2D eigenvalue weighted by atomic mass is 9.86. The molecule has 2 heterocycles. The number of benzene rings is 1. The van der Waals surface area contributed by atoms with Gasteiger partial charge < -0.3 is 10.5 Å². The number of hydrogen-bond donors (Lipinski definition) is 3. The maximum atomic E-state index is 8.83. The second-order valence-corrected chi connectivity index (χ2v) is 8.64. The predicted molar refractivity (Wildman–Crippen MR) is 114 cm³/mol. The van der Waals surface area contributed by atoms with Gasteiger partial charge in [-0.3, -0.25) is 20.3 Å². The van der Waals surface area contributed by atoms with E-state index in [1.807, 2.05) is 18.2 Å². The molecule has 4 N–H and O–H groups in total. The van der Waals surface area contributed by atoms with E-state index in [1.54, 1.807) is 16.8 Å². The van der Waals surface area contributed by atoms with Crippen LogP contribution in [0, 0.1) is 10.8 Å². The van der Waals surface area contributed by atoms with Gasteiger partial charge in [0, 0.05) is 6.04 Å². The SMILES string of the molecule is CC(C)(C(=N)n1cc(O[C@@H]2CC[C@H](N)c3ccccc32)ccc1=N)N1CCCC1. The lowest BCUT2D eigenvalue weighted by molar-refractivity contribution is 0.175. The standard InChI is InChI=1S/C23H31N5O/c1-23(2,27-13-5-6-14-27)22(26)28-15-16(9-12-21(28)25)29-20-11-10-19(24)17-7-3-4-8-18(17)20/h3-4,7-9,12,15,19-20,25-26H,5-6,10-11,13-14,24H2,1-2H3/t19-,20+/m0/s1. The van der Waals surface area contributed by atoms with Crippen LogP contribution in [0.5, 0.6) is 5.75 Å². The van der Waals surface area contributed by atoms with Crippen LogP contribution in [-0.2, 0) is 0 Å². The smallest absolute Gasteiger partial charge is 0.137 e. The molecule has 1 aromatic heterocycles. The highest BCUT2D eigenvalue weighted by atomic mass is 16.5. The molecule has 1 aliphatic carbocycles. The molecule has 154 valence electrons. The molecule has 0 amide bonds. The number of nitrogens with two attached hydrogens (primary N) is 1. The first-order chi connectivity index (χ1) is 13.9. The maximum absolute atomic E-state index is 8.83. The van der Waals surface area contributed by atoms with Gasteiger partial charge in [0.25, 0.3) is 0 Å². The molecular formula is C23H31N5O. The number of rotatable bonds is 4. The molecule has 1 saturated heterocycles. The van der Waals surface area contributed by atoms with Crippen LogP contribution in [0.15, 0.2) is 42.6 Å². The van der Waals surface area contributed by atoms with Gasteiger partial charge in [0.2, 0.25) is 0 Å². The van der Waals surface area contributed by atoms with Crippen molar-refractivity contribution in [1.29, 1.82) is 10.8 Å². The van der Waals surface area contributed by atoms with Gasteiger partial charge in [-0.25, -0.2) is 0 Å². The molecule has 2 aromatic rings. The second kappa shape index (κ2) is 7.76. The summed E-state index contributed by atoms with van der Waals surface area (Å²) in [5, 5.41) is 17.2.